The van der Waals surface area contributed by atoms with E-state index < -0.39 is 0 Å². The van der Waals surface area contributed by atoms with Gasteiger partial charge < -0.3 is 31.4 Å². The van der Waals surface area contributed by atoms with E-state index in [0.717, 1.165) is 147 Å². The molecule has 0 fully saturated rings. The van der Waals surface area contributed by atoms with E-state index in [1.54, 1.807) is 0 Å². The Balaban J connectivity index is 0.710. The van der Waals surface area contributed by atoms with Crippen LogP contribution in [-0.4, -0.2) is 13.7 Å². The predicted molar refractivity (Wildman–Crippen MR) is 372 cm³/mol. The first-order valence-electron chi connectivity index (χ1n) is 31.2. The summed E-state index contributed by atoms with van der Waals surface area (Å²) >= 11 is 0. The van der Waals surface area contributed by atoms with Gasteiger partial charge in [-0.1, -0.05) is 140 Å². The molecule has 12 aromatic carbocycles. The topological polar surface area (TPSA) is 67.3 Å². The van der Waals surface area contributed by atoms with Crippen LogP contribution in [0.4, 0.5) is 0 Å². The summed E-state index contributed by atoms with van der Waals surface area (Å²) in [4.78, 5) is 0. The third kappa shape index (κ3) is 7.62. The summed E-state index contributed by atoms with van der Waals surface area (Å²) in [5, 5.41) is 11.4. The minimum Gasteiger partial charge on any atom is -0.456 e. The summed E-state index contributed by atoms with van der Waals surface area (Å²) in [6.45, 7) is 0. The van der Waals surface area contributed by atoms with Crippen LogP contribution in [0.15, 0.2) is 303 Å². The van der Waals surface area contributed by atoms with Gasteiger partial charge in [0.05, 0.1) is 44.2 Å². The van der Waals surface area contributed by atoms with Crippen molar-refractivity contribution in [2.45, 2.75) is 12.8 Å². The molecule has 0 bridgehead atoms. The van der Waals surface area contributed by atoms with Crippen LogP contribution in [0.25, 0.3) is 177 Å². The summed E-state index contributed by atoms with van der Waals surface area (Å²) in [6.07, 6.45) is 3.88. The van der Waals surface area contributed by atoms with Crippen molar-refractivity contribution in [1.82, 2.24) is 13.7 Å². The molecule has 426 valence electrons. The number of benzene rings is 12. The number of hydrogen-bond acceptors (Lipinski definition) is 4. The number of nitrogens with zero attached hydrogens (tertiary/aromatic N) is 3. The highest BCUT2D eigenvalue weighted by Crippen LogP contribution is 2.48. The van der Waals surface area contributed by atoms with Gasteiger partial charge in [0.25, 0.3) is 0 Å². The molecule has 0 aliphatic heterocycles. The van der Waals surface area contributed by atoms with Crippen molar-refractivity contribution in [3.8, 4) is 62.0 Å². The third-order valence-electron chi connectivity index (χ3n) is 19.1. The molecule has 0 saturated heterocycles. The van der Waals surface area contributed by atoms with Crippen molar-refractivity contribution in [3.05, 3.63) is 302 Å². The standard InChI is InChI=1S/C84H51N3O4/c1-3-16-58(17-4-1)85-73-28-13-9-22-63(73)67-43-52(30-35-75(67)85)50-32-37-77-54(40-50)48-81(89-77)66-25-15-24-65-69-45-57(80-47-56-42-60(34-39-79(56)88-80)87-71-26-11-7-20-61(71)62-21-8-12-27-72(62)87)46-70(84(69)91-83(65)66)82-49-55-41-51(33-38-78(55)90-82)53-31-36-76-68(44-53)64-23-10-14-29-74(64)86(76)59-18-5-2-6-19-59/h1-14,16-23,25-49H,15,24H2. The lowest BCUT2D eigenvalue weighted by molar-refractivity contribution is 0.566. The monoisotopic (exact) mass is 1170 g/mol. The van der Waals surface area contributed by atoms with Crippen LogP contribution >= 0.6 is 0 Å². The summed E-state index contributed by atoms with van der Waals surface area (Å²) < 4.78 is 35.1. The van der Waals surface area contributed by atoms with Gasteiger partial charge in [-0.3, -0.25) is 0 Å². The first kappa shape index (κ1) is 50.0. The fourth-order valence-corrected chi connectivity index (χ4v) is 14.9. The lowest BCUT2D eigenvalue weighted by Crippen LogP contribution is -1.97. The van der Waals surface area contributed by atoms with Gasteiger partial charge in [0.2, 0.25) is 0 Å². The molecule has 1 aliphatic carbocycles. The number of aryl methyl sites for hydroxylation is 1. The van der Waals surface area contributed by atoms with Gasteiger partial charge in [0.1, 0.15) is 45.4 Å². The van der Waals surface area contributed by atoms with E-state index in [0.29, 0.717) is 5.76 Å². The van der Waals surface area contributed by atoms with E-state index in [1.807, 2.05) is 0 Å². The Morgan fingerprint density at radius 2 is 0.692 bits per heavy atom. The number of allylic oxidation sites excluding steroid dienone is 1. The normalized spacial score (nSPS) is 12.8. The van der Waals surface area contributed by atoms with Crippen molar-refractivity contribution < 1.29 is 17.7 Å². The number of rotatable bonds is 8. The SMILES string of the molecule is C1=C(c2cc3cc(-c4ccc5c(c4)c4ccccc4n5-c4ccccc4)ccc3o2)c2oc3c(-c4cc5cc(-c6ccc7c(c6)c6ccccc6n7-c6ccccc6)ccc5o4)cc(-c4cc5cc(-n6c7ccccc7c7ccccc76)ccc5o4)cc3c2CC1. The first-order valence-corrected chi connectivity index (χ1v) is 31.2. The molecule has 0 atom stereocenters. The molecule has 7 heterocycles. The van der Waals surface area contributed by atoms with Gasteiger partial charge in [0, 0.05) is 82.1 Å². The molecule has 0 spiro atoms. The van der Waals surface area contributed by atoms with Crippen LogP contribution in [0.5, 0.6) is 0 Å². The van der Waals surface area contributed by atoms with E-state index in [4.69, 9.17) is 17.7 Å². The molecule has 7 heteroatoms. The Morgan fingerprint density at radius 1 is 0.275 bits per heavy atom. The fraction of sp³-hybridized carbons (Fsp3) is 0.0238. The second kappa shape index (κ2) is 19.2. The highest BCUT2D eigenvalue weighted by molar-refractivity contribution is 6.13. The molecule has 91 heavy (non-hydrogen) atoms. The van der Waals surface area contributed by atoms with Crippen molar-refractivity contribution in [3.63, 3.8) is 0 Å². The van der Waals surface area contributed by atoms with Crippen molar-refractivity contribution in [2.24, 2.45) is 0 Å². The van der Waals surface area contributed by atoms with Crippen LogP contribution in [0.2, 0.25) is 0 Å². The van der Waals surface area contributed by atoms with Crippen LogP contribution in [-0.2, 0) is 6.42 Å². The lowest BCUT2D eigenvalue weighted by Gasteiger charge is -2.10. The quantitative estimate of drug-likeness (QED) is 0.152. The Morgan fingerprint density at radius 3 is 1.26 bits per heavy atom. The third-order valence-corrected chi connectivity index (χ3v) is 19.1. The minimum absolute atomic E-state index is 0.709. The van der Waals surface area contributed by atoms with Crippen molar-refractivity contribution >= 4 is 115 Å². The second-order valence-corrected chi connectivity index (χ2v) is 24.2. The van der Waals surface area contributed by atoms with Gasteiger partial charge in [-0.2, -0.15) is 0 Å². The fourth-order valence-electron chi connectivity index (χ4n) is 14.9. The van der Waals surface area contributed by atoms with E-state index in [2.05, 4.69) is 299 Å². The molecule has 0 saturated carbocycles. The Hall–Kier alpha value is -12.1. The van der Waals surface area contributed by atoms with Gasteiger partial charge >= 0.3 is 0 Å². The average molecular weight is 1170 g/mol. The van der Waals surface area contributed by atoms with Gasteiger partial charge in [-0.25, -0.2) is 0 Å². The minimum atomic E-state index is 0.709. The molecule has 7 aromatic heterocycles. The molecule has 19 aromatic rings. The summed E-state index contributed by atoms with van der Waals surface area (Å²) in [5.41, 5.74) is 21.9. The van der Waals surface area contributed by atoms with Gasteiger partial charge in [-0.05, 0) is 181 Å². The number of fused-ring (bicyclic) bond motifs is 15. The van der Waals surface area contributed by atoms with Gasteiger partial charge in [0.15, 0.2) is 0 Å². The molecule has 0 radical (unpaired) electrons. The predicted octanol–water partition coefficient (Wildman–Crippen LogP) is 23.0. The Bertz CT molecular complexity index is 6220. The van der Waals surface area contributed by atoms with Crippen LogP contribution in [0.1, 0.15) is 23.5 Å². The van der Waals surface area contributed by atoms with E-state index in [9.17, 15) is 0 Å². The largest absolute Gasteiger partial charge is 0.456 e. The highest BCUT2D eigenvalue weighted by Gasteiger charge is 2.29. The molecule has 7 nitrogen and oxygen atoms in total. The van der Waals surface area contributed by atoms with E-state index >= 15 is 0 Å². The molecule has 1 aliphatic rings. The summed E-state index contributed by atoms with van der Waals surface area (Å²) in [6, 6.07) is 100. The molecule has 20 rings (SSSR count). The molecule has 0 N–H and O–H groups in total. The summed E-state index contributed by atoms with van der Waals surface area (Å²) in [7, 11) is 0. The molecule has 0 amide bonds. The zero-order chi connectivity index (χ0) is 59.4. The number of para-hydroxylation sites is 6. The maximum Gasteiger partial charge on any atom is 0.146 e. The van der Waals surface area contributed by atoms with Crippen LogP contribution < -0.4 is 0 Å². The first-order chi connectivity index (χ1) is 45.1. The summed E-state index contributed by atoms with van der Waals surface area (Å²) in [5.74, 6) is 3.05. The maximum absolute atomic E-state index is 7.29. The number of furan rings is 4. The van der Waals surface area contributed by atoms with E-state index in [1.165, 1.54) is 54.4 Å². The Labute approximate surface area is 520 Å². The zero-order valence-electron chi connectivity index (χ0n) is 49.0. The highest BCUT2D eigenvalue weighted by atomic mass is 16.4. The number of hydrogen-bond donors (Lipinski definition) is 0. The average Bonchev–Trinajstić information content (AvgIpc) is 1.77. The molecular formula is C84H51N3O4. The Kier molecular flexibility index (Phi) is 10.6. The van der Waals surface area contributed by atoms with Gasteiger partial charge in [-0.15, -0.1) is 0 Å². The smallest absolute Gasteiger partial charge is 0.146 e. The van der Waals surface area contributed by atoms with Crippen LogP contribution in [0, 0.1) is 0 Å². The van der Waals surface area contributed by atoms with Crippen molar-refractivity contribution in [1.29, 1.82) is 0 Å². The van der Waals surface area contributed by atoms with Crippen molar-refractivity contribution in [2.75, 3.05) is 0 Å². The zero-order valence-corrected chi connectivity index (χ0v) is 49.0. The maximum atomic E-state index is 7.29. The molecule has 0 unspecified atom stereocenters. The molecular weight excluding hydrogens is 1110 g/mol. The van der Waals surface area contributed by atoms with E-state index in [-0.39, 0.29) is 0 Å². The number of aromatic nitrogens is 3. The van der Waals surface area contributed by atoms with Crippen LogP contribution in [0.3, 0.4) is 0 Å². The lowest BCUT2D eigenvalue weighted by atomic mass is 9.92. The second-order valence-electron chi connectivity index (χ2n) is 24.2.